The quantitative estimate of drug-likeness (QED) is 0.269. The third-order valence-corrected chi connectivity index (χ3v) is 4.44. The Labute approximate surface area is 144 Å². The fraction of sp³-hybridized carbons (Fsp3) is 1.00. The summed E-state index contributed by atoms with van der Waals surface area (Å²) in [5, 5.41) is 59.4. The van der Waals surface area contributed by atoms with E-state index in [1.807, 2.05) is 0 Å². The second-order valence-electron chi connectivity index (χ2n) is 5.95. The van der Waals surface area contributed by atoms with Crippen molar-refractivity contribution in [3.05, 3.63) is 0 Å². The molecule has 0 spiro atoms. The van der Waals surface area contributed by atoms with Crippen LogP contribution in [0.5, 0.6) is 0 Å². The number of rotatable bonds is 6. The Balaban J connectivity index is 2.15. The molecule has 25 heavy (non-hydrogen) atoms. The second kappa shape index (κ2) is 8.97. The van der Waals surface area contributed by atoms with E-state index in [-0.39, 0.29) is 0 Å². The molecule has 0 amide bonds. The summed E-state index contributed by atoms with van der Waals surface area (Å²) in [5.41, 5.74) is 0. The van der Waals surface area contributed by atoms with Gasteiger partial charge < -0.3 is 54.3 Å². The molecule has 11 nitrogen and oxygen atoms in total. The van der Waals surface area contributed by atoms with Gasteiger partial charge in [0.2, 0.25) is 0 Å². The monoisotopic (exact) mass is 370 g/mol. The molecule has 2 fully saturated rings. The topological polar surface area (TPSA) is 168 Å². The van der Waals surface area contributed by atoms with Crippen LogP contribution in [0, 0.1) is 0 Å². The van der Waals surface area contributed by atoms with Crippen molar-refractivity contribution in [2.75, 3.05) is 27.4 Å². The molecule has 0 aromatic heterocycles. The van der Waals surface area contributed by atoms with Gasteiger partial charge in [0.15, 0.2) is 12.6 Å². The Kier molecular flexibility index (Phi) is 7.49. The molecule has 10 atom stereocenters. The van der Waals surface area contributed by atoms with E-state index >= 15 is 0 Å². The van der Waals surface area contributed by atoms with E-state index in [1.54, 1.807) is 0 Å². The lowest BCUT2D eigenvalue weighted by Gasteiger charge is -2.46. The first-order valence-corrected chi connectivity index (χ1v) is 7.85. The van der Waals surface area contributed by atoms with Crippen molar-refractivity contribution in [3.8, 4) is 0 Å². The highest BCUT2D eigenvalue weighted by Crippen LogP contribution is 2.29. The Bertz CT molecular complexity index is 392. The third-order valence-electron chi connectivity index (χ3n) is 4.44. The van der Waals surface area contributed by atoms with Gasteiger partial charge in [-0.3, -0.25) is 0 Å². The first-order chi connectivity index (χ1) is 11.9. The molecule has 2 aliphatic heterocycles. The number of ether oxygens (including phenoxy) is 5. The molecule has 2 aliphatic rings. The van der Waals surface area contributed by atoms with Crippen molar-refractivity contribution in [1.82, 2.24) is 0 Å². The molecule has 2 saturated heterocycles. The van der Waals surface area contributed by atoms with Crippen LogP contribution in [-0.2, 0) is 23.7 Å². The van der Waals surface area contributed by atoms with Crippen LogP contribution in [0.1, 0.15) is 0 Å². The summed E-state index contributed by atoms with van der Waals surface area (Å²) < 4.78 is 26.0. The van der Waals surface area contributed by atoms with Gasteiger partial charge in [-0.2, -0.15) is 0 Å². The summed E-state index contributed by atoms with van der Waals surface area (Å²) in [6.45, 7) is -1.07. The Morgan fingerprint density at radius 1 is 0.680 bits per heavy atom. The van der Waals surface area contributed by atoms with Gasteiger partial charge >= 0.3 is 0 Å². The standard InChI is InChI=1S/C14H26O11/c1-21-11-6(4-16)24-14(9(19)8(11)18)25-12-7(17)5(3-15)23-13(22-2)10(12)20/h5-20H,3-4H2,1-2H3/t5?,6?,7?,8?,9?,10?,11-,12+,13-,14+/m1/s1. The van der Waals surface area contributed by atoms with Crippen LogP contribution in [-0.4, -0.2) is 119 Å². The van der Waals surface area contributed by atoms with Gasteiger partial charge in [0.1, 0.15) is 48.8 Å². The average Bonchev–Trinajstić information content (AvgIpc) is 2.62. The lowest BCUT2D eigenvalue weighted by molar-refractivity contribution is -0.359. The Morgan fingerprint density at radius 2 is 1.28 bits per heavy atom. The fourth-order valence-electron chi connectivity index (χ4n) is 3.02. The lowest BCUT2D eigenvalue weighted by Crippen LogP contribution is -2.65. The lowest BCUT2D eigenvalue weighted by atomic mass is 9.97. The first kappa shape index (κ1) is 20.9. The Morgan fingerprint density at radius 3 is 1.80 bits per heavy atom. The minimum atomic E-state index is -1.57. The van der Waals surface area contributed by atoms with Gasteiger partial charge in [-0.1, -0.05) is 0 Å². The minimum Gasteiger partial charge on any atom is -0.394 e. The summed E-state index contributed by atoms with van der Waals surface area (Å²) in [6.07, 6.45) is -13.0. The zero-order valence-corrected chi connectivity index (χ0v) is 13.9. The molecule has 0 aliphatic carbocycles. The number of methoxy groups -OCH3 is 2. The molecule has 0 aromatic rings. The highest BCUT2D eigenvalue weighted by Gasteiger charge is 2.51. The smallest absolute Gasteiger partial charge is 0.187 e. The summed E-state index contributed by atoms with van der Waals surface area (Å²) in [7, 11) is 2.55. The number of hydrogen-bond donors (Lipinski definition) is 6. The number of hydrogen-bond acceptors (Lipinski definition) is 11. The van der Waals surface area contributed by atoms with Crippen LogP contribution in [0.15, 0.2) is 0 Å². The van der Waals surface area contributed by atoms with E-state index in [2.05, 4.69) is 0 Å². The maximum Gasteiger partial charge on any atom is 0.187 e. The zero-order chi connectivity index (χ0) is 18.7. The van der Waals surface area contributed by atoms with E-state index in [1.165, 1.54) is 14.2 Å². The van der Waals surface area contributed by atoms with Crippen molar-refractivity contribution in [3.63, 3.8) is 0 Å². The summed E-state index contributed by atoms with van der Waals surface area (Å²) >= 11 is 0. The molecule has 11 heteroatoms. The third kappa shape index (κ3) is 4.12. The van der Waals surface area contributed by atoms with E-state index in [0.29, 0.717) is 0 Å². The van der Waals surface area contributed by atoms with Crippen molar-refractivity contribution in [1.29, 1.82) is 0 Å². The highest BCUT2D eigenvalue weighted by atomic mass is 16.7. The normalized spacial score (nSPS) is 48.5. The summed E-state index contributed by atoms with van der Waals surface area (Å²) in [4.78, 5) is 0. The van der Waals surface area contributed by atoms with Crippen LogP contribution < -0.4 is 0 Å². The maximum atomic E-state index is 10.2. The summed E-state index contributed by atoms with van der Waals surface area (Å²) in [6, 6.07) is 0. The van der Waals surface area contributed by atoms with E-state index in [4.69, 9.17) is 23.7 Å². The van der Waals surface area contributed by atoms with E-state index < -0.39 is 74.6 Å². The van der Waals surface area contributed by atoms with Crippen molar-refractivity contribution >= 4 is 0 Å². The average molecular weight is 370 g/mol. The van der Waals surface area contributed by atoms with Gasteiger partial charge in [0.05, 0.1) is 13.2 Å². The Hall–Kier alpha value is -0.440. The SMILES string of the molecule is CO[C@@H]1OC(CO)C(O)[C@H](O[C@@H]2OC(CO)[C@@H](OC)C(O)C2O)C1O. The van der Waals surface area contributed by atoms with Crippen LogP contribution in [0.4, 0.5) is 0 Å². The van der Waals surface area contributed by atoms with E-state index in [9.17, 15) is 30.6 Å². The molecule has 0 bridgehead atoms. The molecule has 0 aromatic carbocycles. The van der Waals surface area contributed by atoms with Gasteiger partial charge in [0, 0.05) is 14.2 Å². The maximum absolute atomic E-state index is 10.2. The zero-order valence-electron chi connectivity index (χ0n) is 13.9. The first-order valence-electron chi connectivity index (χ1n) is 7.85. The predicted molar refractivity (Wildman–Crippen MR) is 78.2 cm³/mol. The van der Waals surface area contributed by atoms with Crippen molar-refractivity contribution in [2.45, 2.75) is 61.4 Å². The van der Waals surface area contributed by atoms with Crippen LogP contribution in [0.25, 0.3) is 0 Å². The summed E-state index contributed by atoms with van der Waals surface area (Å²) in [5.74, 6) is 0. The highest BCUT2D eigenvalue weighted by molar-refractivity contribution is 4.94. The van der Waals surface area contributed by atoms with Gasteiger partial charge in [0.25, 0.3) is 0 Å². The molecule has 6 unspecified atom stereocenters. The number of aliphatic hydroxyl groups is 6. The largest absolute Gasteiger partial charge is 0.394 e. The van der Waals surface area contributed by atoms with Gasteiger partial charge in [-0.25, -0.2) is 0 Å². The molecule has 0 radical (unpaired) electrons. The van der Waals surface area contributed by atoms with Crippen LogP contribution in [0.2, 0.25) is 0 Å². The molecule has 2 heterocycles. The fourth-order valence-corrected chi connectivity index (χ4v) is 3.02. The van der Waals surface area contributed by atoms with Gasteiger partial charge in [-0.05, 0) is 0 Å². The van der Waals surface area contributed by atoms with Crippen molar-refractivity contribution < 1.29 is 54.3 Å². The molecule has 0 saturated carbocycles. The molecule has 2 rings (SSSR count). The van der Waals surface area contributed by atoms with Crippen LogP contribution >= 0.6 is 0 Å². The van der Waals surface area contributed by atoms with Crippen LogP contribution in [0.3, 0.4) is 0 Å². The minimum absolute atomic E-state index is 0.513. The predicted octanol–water partition coefficient (Wildman–Crippen LogP) is -4.09. The molecule has 6 N–H and O–H groups in total. The molecular formula is C14H26O11. The van der Waals surface area contributed by atoms with Gasteiger partial charge in [-0.15, -0.1) is 0 Å². The van der Waals surface area contributed by atoms with E-state index in [0.717, 1.165) is 0 Å². The number of aliphatic hydroxyl groups excluding tert-OH is 6. The molecular weight excluding hydrogens is 344 g/mol. The second-order valence-corrected chi connectivity index (χ2v) is 5.95. The molecule has 148 valence electrons. The van der Waals surface area contributed by atoms with Crippen molar-refractivity contribution in [2.24, 2.45) is 0 Å².